The second kappa shape index (κ2) is 8.21. The molecule has 0 radical (unpaired) electrons. The van der Waals surface area contributed by atoms with Gasteiger partial charge in [0.2, 0.25) is 5.91 Å². The Kier molecular flexibility index (Phi) is 6.14. The van der Waals surface area contributed by atoms with E-state index in [1.54, 1.807) is 16.7 Å². The highest BCUT2D eigenvalue weighted by Gasteiger charge is 2.45. The van der Waals surface area contributed by atoms with Crippen LogP contribution in [-0.2, 0) is 4.79 Å². The van der Waals surface area contributed by atoms with Gasteiger partial charge in [-0.15, -0.1) is 11.8 Å². The van der Waals surface area contributed by atoms with Crippen molar-refractivity contribution in [1.29, 1.82) is 0 Å². The van der Waals surface area contributed by atoms with Crippen LogP contribution in [0.25, 0.3) is 0 Å². The number of halogens is 1. The van der Waals surface area contributed by atoms with Crippen molar-refractivity contribution >= 4 is 23.6 Å². The Morgan fingerprint density at radius 3 is 2.33 bits per heavy atom. The summed E-state index contributed by atoms with van der Waals surface area (Å²) in [6, 6.07) is 5.14. The molecule has 2 amide bonds. The van der Waals surface area contributed by atoms with Crippen LogP contribution < -0.4 is 5.32 Å². The lowest BCUT2D eigenvalue weighted by Crippen LogP contribution is -2.54. The van der Waals surface area contributed by atoms with Gasteiger partial charge in [0.1, 0.15) is 11.9 Å². The van der Waals surface area contributed by atoms with Crippen LogP contribution in [0.2, 0.25) is 0 Å². The van der Waals surface area contributed by atoms with E-state index in [2.05, 4.69) is 5.32 Å². The number of rotatable bonds is 3. The van der Waals surface area contributed by atoms with Gasteiger partial charge in [0, 0.05) is 16.9 Å². The van der Waals surface area contributed by atoms with E-state index in [1.165, 1.54) is 43.5 Å². The summed E-state index contributed by atoms with van der Waals surface area (Å²) in [5.74, 6) is 0.373. The zero-order valence-electron chi connectivity index (χ0n) is 16.3. The first-order valence-electron chi connectivity index (χ1n) is 9.78. The molecule has 1 heterocycles. The second-order valence-electron chi connectivity index (χ2n) is 8.60. The van der Waals surface area contributed by atoms with Crippen molar-refractivity contribution in [3.8, 4) is 0 Å². The normalized spacial score (nSPS) is 24.1. The van der Waals surface area contributed by atoms with Crippen molar-refractivity contribution in [2.75, 3.05) is 5.75 Å². The SMILES string of the molecule is CC(C)(C)NC(=O)[C@H]1CS[C@H](C2CCCCC2)N1C(=O)c1ccc(F)cc1. The largest absolute Gasteiger partial charge is 0.350 e. The number of benzene rings is 1. The average Bonchev–Trinajstić information content (AvgIpc) is 3.06. The predicted molar refractivity (Wildman–Crippen MR) is 107 cm³/mol. The van der Waals surface area contributed by atoms with E-state index in [4.69, 9.17) is 0 Å². The van der Waals surface area contributed by atoms with Crippen molar-refractivity contribution in [2.24, 2.45) is 5.92 Å². The molecule has 4 nitrogen and oxygen atoms in total. The maximum absolute atomic E-state index is 13.3. The molecule has 0 unspecified atom stereocenters. The monoisotopic (exact) mass is 392 g/mol. The number of thioether (sulfide) groups is 1. The van der Waals surface area contributed by atoms with Gasteiger partial charge in [0.15, 0.2) is 0 Å². The number of carbonyl (C=O) groups is 2. The zero-order chi connectivity index (χ0) is 19.6. The lowest BCUT2D eigenvalue weighted by atomic mass is 9.88. The third-order valence-electron chi connectivity index (χ3n) is 5.21. The molecule has 2 atom stereocenters. The maximum atomic E-state index is 13.3. The summed E-state index contributed by atoms with van der Waals surface area (Å²) in [5, 5.41) is 3.04. The fourth-order valence-corrected chi connectivity index (χ4v) is 5.60. The molecule has 1 N–H and O–H groups in total. The van der Waals surface area contributed by atoms with Gasteiger partial charge in [-0.2, -0.15) is 0 Å². The highest BCUT2D eigenvalue weighted by atomic mass is 32.2. The highest BCUT2D eigenvalue weighted by molar-refractivity contribution is 8.00. The number of hydrogen-bond acceptors (Lipinski definition) is 3. The molecule has 148 valence electrons. The second-order valence-corrected chi connectivity index (χ2v) is 9.75. The fourth-order valence-electron chi connectivity index (χ4n) is 3.96. The van der Waals surface area contributed by atoms with E-state index in [9.17, 15) is 14.0 Å². The smallest absolute Gasteiger partial charge is 0.255 e. The van der Waals surface area contributed by atoms with Crippen LogP contribution in [0, 0.1) is 11.7 Å². The number of amides is 2. The molecule has 0 aromatic heterocycles. The van der Waals surface area contributed by atoms with Gasteiger partial charge < -0.3 is 10.2 Å². The van der Waals surface area contributed by atoms with Gasteiger partial charge in [0.05, 0.1) is 5.37 Å². The van der Waals surface area contributed by atoms with Crippen molar-refractivity contribution in [3.05, 3.63) is 35.6 Å². The van der Waals surface area contributed by atoms with Gasteiger partial charge in [-0.1, -0.05) is 19.3 Å². The van der Waals surface area contributed by atoms with Crippen molar-refractivity contribution in [1.82, 2.24) is 10.2 Å². The van der Waals surface area contributed by atoms with Crippen LogP contribution in [0.4, 0.5) is 4.39 Å². The van der Waals surface area contributed by atoms with Crippen LogP contribution in [-0.4, -0.2) is 39.4 Å². The molecule has 0 bridgehead atoms. The predicted octanol–water partition coefficient (Wildman–Crippen LogP) is 4.20. The van der Waals surface area contributed by atoms with E-state index < -0.39 is 6.04 Å². The molecule has 0 spiro atoms. The topological polar surface area (TPSA) is 49.4 Å². The Labute approximate surface area is 165 Å². The molecule has 6 heteroatoms. The fraction of sp³-hybridized carbons (Fsp3) is 0.619. The summed E-state index contributed by atoms with van der Waals surface area (Å²) in [6.45, 7) is 5.83. The lowest BCUT2D eigenvalue weighted by Gasteiger charge is -2.36. The van der Waals surface area contributed by atoms with Crippen molar-refractivity contribution < 1.29 is 14.0 Å². The van der Waals surface area contributed by atoms with Gasteiger partial charge >= 0.3 is 0 Å². The summed E-state index contributed by atoms with van der Waals surface area (Å²) in [5.41, 5.74) is 0.0863. The standard InChI is InChI=1S/C21H29FN2O2S/c1-21(2,3)23-18(25)17-13-27-20(15-7-5-4-6-8-15)24(17)19(26)14-9-11-16(22)12-10-14/h9-12,15,17,20H,4-8,13H2,1-3H3,(H,23,25)/t17-,20-/m1/s1. The average molecular weight is 393 g/mol. The van der Waals surface area contributed by atoms with Gasteiger partial charge in [-0.25, -0.2) is 4.39 Å². The van der Waals surface area contributed by atoms with E-state index in [0.717, 1.165) is 12.8 Å². The molecular formula is C21H29FN2O2S. The molecule has 2 aliphatic rings. The third-order valence-corrected chi connectivity index (χ3v) is 6.68. The quantitative estimate of drug-likeness (QED) is 0.839. The Hall–Kier alpha value is -1.56. The minimum absolute atomic E-state index is 0.0126. The number of nitrogens with one attached hydrogen (secondary N) is 1. The molecule has 1 aliphatic heterocycles. The summed E-state index contributed by atoms with van der Waals surface area (Å²) in [7, 11) is 0. The van der Waals surface area contributed by atoms with Gasteiger partial charge in [-0.3, -0.25) is 9.59 Å². The van der Waals surface area contributed by atoms with Gasteiger partial charge in [-0.05, 0) is 63.8 Å². The van der Waals surface area contributed by atoms with E-state index in [0.29, 0.717) is 17.2 Å². The van der Waals surface area contributed by atoms with E-state index >= 15 is 0 Å². The molecular weight excluding hydrogens is 363 g/mol. The van der Waals surface area contributed by atoms with Crippen LogP contribution >= 0.6 is 11.8 Å². The summed E-state index contributed by atoms with van der Waals surface area (Å²) in [6.07, 6.45) is 5.79. The first-order valence-corrected chi connectivity index (χ1v) is 10.8. The molecule has 1 aromatic carbocycles. The Morgan fingerprint density at radius 1 is 1.11 bits per heavy atom. The number of nitrogens with zero attached hydrogens (tertiary/aromatic N) is 1. The van der Waals surface area contributed by atoms with Crippen LogP contribution in [0.15, 0.2) is 24.3 Å². The third kappa shape index (κ3) is 4.84. The lowest BCUT2D eigenvalue weighted by molar-refractivity contribution is -0.126. The summed E-state index contributed by atoms with van der Waals surface area (Å²) < 4.78 is 13.3. The minimum Gasteiger partial charge on any atom is -0.350 e. The molecule has 2 fully saturated rings. The van der Waals surface area contributed by atoms with Crippen LogP contribution in [0.5, 0.6) is 0 Å². The first kappa shape index (κ1) is 20.2. The number of carbonyl (C=O) groups excluding carboxylic acids is 2. The number of hydrogen-bond donors (Lipinski definition) is 1. The maximum Gasteiger partial charge on any atom is 0.255 e. The Bertz CT molecular complexity index is 680. The highest BCUT2D eigenvalue weighted by Crippen LogP contribution is 2.41. The summed E-state index contributed by atoms with van der Waals surface area (Å²) in [4.78, 5) is 28.0. The van der Waals surface area contributed by atoms with Gasteiger partial charge in [0.25, 0.3) is 5.91 Å². The van der Waals surface area contributed by atoms with Crippen LogP contribution in [0.1, 0.15) is 63.2 Å². The summed E-state index contributed by atoms with van der Waals surface area (Å²) >= 11 is 1.72. The van der Waals surface area contributed by atoms with Crippen molar-refractivity contribution in [2.45, 2.75) is 69.8 Å². The molecule has 3 rings (SSSR count). The van der Waals surface area contributed by atoms with E-state index in [1.807, 2.05) is 20.8 Å². The first-order chi connectivity index (χ1) is 12.8. The molecule has 1 aliphatic carbocycles. The zero-order valence-corrected chi connectivity index (χ0v) is 17.2. The van der Waals surface area contributed by atoms with E-state index in [-0.39, 0.29) is 28.5 Å². The Balaban J connectivity index is 1.87. The molecule has 1 saturated carbocycles. The molecule has 1 aromatic rings. The minimum atomic E-state index is -0.487. The van der Waals surface area contributed by atoms with Crippen molar-refractivity contribution in [3.63, 3.8) is 0 Å². The molecule has 27 heavy (non-hydrogen) atoms. The molecule has 1 saturated heterocycles. The Morgan fingerprint density at radius 2 is 1.74 bits per heavy atom. The van der Waals surface area contributed by atoms with Crippen LogP contribution in [0.3, 0.4) is 0 Å².